The molecule has 0 unspecified atom stereocenters. The van der Waals surface area contributed by atoms with E-state index in [1.807, 2.05) is 6.21 Å². The zero-order valence-electron chi connectivity index (χ0n) is 9.67. The Hall–Kier alpha value is -0.860. The van der Waals surface area contributed by atoms with E-state index in [0.717, 1.165) is 12.8 Å². The summed E-state index contributed by atoms with van der Waals surface area (Å²) < 4.78 is 0. The van der Waals surface area contributed by atoms with E-state index >= 15 is 0 Å². The Balaban J connectivity index is 2.11. The molecule has 15 heavy (non-hydrogen) atoms. The lowest BCUT2D eigenvalue weighted by Crippen LogP contribution is -2.18. The fraction of sp³-hybridized carbons (Fsp3) is 0.833. The van der Waals surface area contributed by atoms with Crippen molar-refractivity contribution >= 4 is 12.1 Å². The summed E-state index contributed by atoms with van der Waals surface area (Å²) in [4.78, 5) is 11.2. The number of hydrogen-bond acceptors (Lipinski definition) is 2. The van der Waals surface area contributed by atoms with Crippen LogP contribution >= 0.6 is 0 Å². The van der Waals surface area contributed by atoms with E-state index in [0.29, 0.717) is 12.3 Å². The number of carbonyl (C=O) groups is 1. The monoisotopic (exact) mass is 210 g/mol. The minimum absolute atomic E-state index is 0.0453. The summed E-state index contributed by atoms with van der Waals surface area (Å²) in [7, 11) is 0. The van der Waals surface area contributed by atoms with Gasteiger partial charge in [0.1, 0.15) is 0 Å². The smallest absolute Gasteiger partial charge is 0.240 e. The number of nitrogens with zero attached hydrogens (tertiary/aromatic N) is 1. The Bertz CT molecular complexity index is 208. The zero-order chi connectivity index (χ0) is 10.9. The lowest BCUT2D eigenvalue weighted by Gasteiger charge is -2.16. The van der Waals surface area contributed by atoms with Crippen LogP contribution in [0.4, 0.5) is 0 Å². The van der Waals surface area contributed by atoms with Crippen molar-refractivity contribution in [3.8, 4) is 0 Å². The average molecular weight is 210 g/mol. The van der Waals surface area contributed by atoms with Gasteiger partial charge in [0.05, 0.1) is 0 Å². The van der Waals surface area contributed by atoms with Gasteiger partial charge in [0.2, 0.25) is 5.91 Å². The predicted octanol–water partition coefficient (Wildman–Crippen LogP) is 2.86. The van der Waals surface area contributed by atoms with E-state index in [1.54, 1.807) is 0 Å². The molecule has 1 N–H and O–H groups in total. The molecule has 0 saturated heterocycles. The molecule has 1 rings (SSSR count). The standard InChI is InChI=1S/C12H22N2O/c1-2-3-9-12(15)14-13-10-11-7-5-4-6-8-11/h10-11H,2-9H2,1H3,(H,14,15)/b13-10+. The quantitative estimate of drug-likeness (QED) is 0.550. The molecule has 1 fully saturated rings. The Morgan fingerprint density at radius 2 is 2.13 bits per heavy atom. The van der Waals surface area contributed by atoms with Crippen molar-refractivity contribution in [1.29, 1.82) is 0 Å². The largest absolute Gasteiger partial charge is 0.273 e. The minimum Gasteiger partial charge on any atom is -0.273 e. The van der Waals surface area contributed by atoms with Crippen LogP contribution in [0.1, 0.15) is 58.3 Å². The highest BCUT2D eigenvalue weighted by Crippen LogP contribution is 2.21. The van der Waals surface area contributed by atoms with Gasteiger partial charge >= 0.3 is 0 Å². The maximum atomic E-state index is 11.2. The summed E-state index contributed by atoms with van der Waals surface area (Å²) in [6.45, 7) is 2.08. The number of nitrogens with one attached hydrogen (secondary N) is 1. The van der Waals surface area contributed by atoms with Crippen LogP contribution in [0.25, 0.3) is 0 Å². The van der Waals surface area contributed by atoms with Crippen LogP contribution in [0.2, 0.25) is 0 Å². The van der Waals surface area contributed by atoms with Gasteiger partial charge in [-0.3, -0.25) is 4.79 Å². The molecule has 3 nitrogen and oxygen atoms in total. The second-order valence-corrected chi connectivity index (χ2v) is 4.31. The summed E-state index contributed by atoms with van der Waals surface area (Å²) in [5, 5.41) is 4.02. The van der Waals surface area contributed by atoms with E-state index < -0.39 is 0 Å². The second-order valence-electron chi connectivity index (χ2n) is 4.31. The summed E-state index contributed by atoms with van der Waals surface area (Å²) in [6.07, 6.45) is 10.9. The Morgan fingerprint density at radius 1 is 1.40 bits per heavy atom. The molecule has 0 aromatic carbocycles. The molecule has 86 valence electrons. The molecule has 1 aliphatic rings. The molecular formula is C12H22N2O. The lowest BCUT2D eigenvalue weighted by molar-refractivity contribution is -0.121. The number of carbonyl (C=O) groups excluding carboxylic acids is 1. The Kier molecular flexibility index (Phi) is 6.05. The van der Waals surface area contributed by atoms with Crippen molar-refractivity contribution in [1.82, 2.24) is 5.43 Å². The molecular weight excluding hydrogens is 188 g/mol. The van der Waals surface area contributed by atoms with E-state index in [2.05, 4.69) is 17.5 Å². The number of unbranched alkanes of at least 4 members (excludes halogenated alkanes) is 1. The fourth-order valence-corrected chi connectivity index (χ4v) is 1.89. The molecule has 0 bridgehead atoms. The average Bonchev–Trinajstić information content (AvgIpc) is 2.28. The SMILES string of the molecule is CCCCC(=O)N/N=C/C1CCCCC1. The third kappa shape index (κ3) is 5.55. The van der Waals surface area contributed by atoms with E-state index in [-0.39, 0.29) is 5.91 Å². The van der Waals surface area contributed by atoms with Crippen molar-refractivity contribution in [2.75, 3.05) is 0 Å². The van der Waals surface area contributed by atoms with Crippen molar-refractivity contribution in [2.24, 2.45) is 11.0 Å². The number of hydrogen-bond donors (Lipinski definition) is 1. The van der Waals surface area contributed by atoms with Gasteiger partial charge in [0.25, 0.3) is 0 Å². The molecule has 0 aromatic heterocycles. The van der Waals surface area contributed by atoms with Gasteiger partial charge in [-0.05, 0) is 25.2 Å². The first-order valence-electron chi connectivity index (χ1n) is 6.15. The van der Waals surface area contributed by atoms with Gasteiger partial charge in [-0.25, -0.2) is 5.43 Å². The normalized spacial score (nSPS) is 18.2. The molecule has 3 heteroatoms. The molecule has 0 atom stereocenters. The topological polar surface area (TPSA) is 41.5 Å². The van der Waals surface area contributed by atoms with E-state index in [9.17, 15) is 4.79 Å². The second kappa shape index (κ2) is 7.43. The summed E-state index contributed by atoms with van der Waals surface area (Å²) in [6, 6.07) is 0. The zero-order valence-corrected chi connectivity index (χ0v) is 9.67. The highest BCUT2D eigenvalue weighted by molar-refractivity contribution is 5.76. The summed E-state index contributed by atoms with van der Waals surface area (Å²) >= 11 is 0. The lowest BCUT2D eigenvalue weighted by atomic mass is 9.90. The Morgan fingerprint density at radius 3 is 2.80 bits per heavy atom. The van der Waals surface area contributed by atoms with E-state index in [1.165, 1.54) is 32.1 Å². The van der Waals surface area contributed by atoms with Gasteiger partial charge in [-0.15, -0.1) is 0 Å². The third-order valence-electron chi connectivity index (χ3n) is 2.88. The maximum Gasteiger partial charge on any atom is 0.240 e. The fourth-order valence-electron chi connectivity index (χ4n) is 1.89. The Labute approximate surface area is 92.3 Å². The minimum atomic E-state index is 0.0453. The summed E-state index contributed by atoms with van der Waals surface area (Å²) in [5.41, 5.74) is 2.60. The third-order valence-corrected chi connectivity index (χ3v) is 2.88. The van der Waals surface area contributed by atoms with Crippen molar-refractivity contribution in [2.45, 2.75) is 58.3 Å². The van der Waals surface area contributed by atoms with E-state index in [4.69, 9.17) is 0 Å². The van der Waals surface area contributed by atoms with Crippen LogP contribution in [0.5, 0.6) is 0 Å². The van der Waals surface area contributed by atoms with Crippen molar-refractivity contribution in [3.05, 3.63) is 0 Å². The van der Waals surface area contributed by atoms with Crippen LogP contribution in [0.3, 0.4) is 0 Å². The molecule has 0 spiro atoms. The number of amides is 1. The molecule has 0 heterocycles. The highest BCUT2D eigenvalue weighted by atomic mass is 16.2. The molecule has 0 aliphatic heterocycles. The van der Waals surface area contributed by atoms with Crippen molar-refractivity contribution in [3.63, 3.8) is 0 Å². The highest BCUT2D eigenvalue weighted by Gasteiger charge is 2.10. The number of hydrazone groups is 1. The van der Waals surface area contributed by atoms with Crippen molar-refractivity contribution < 1.29 is 4.79 Å². The van der Waals surface area contributed by atoms with Crippen LogP contribution < -0.4 is 5.43 Å². The predicted molar refractivity (Wildman–Crippen MR) is 62.7 cm³/mol. The van der Waals surface area contributed by atoms with Crippen LogP contribution in [0.15, 0.2) is 5.10 Å². The molecule has 0 radical (unpaired) electrons. The number of rotatable bonds is 5. The van der Waals surface area contributed by atoms with Crippen LogP contribution in [-0.2, 0) is 4.79 Å². The van der Waals surface area contributed by atoms with Crippen LogP contribution in [0, 0.1) is 5.92 Å². The maximum absolute atomic E-state index is 11.2. The molecule has 1 aliphatic carbocycles. The molecule has 1 saturated carbocycles. The van der Waals surface area contributed by atoms with Gasteiger partial charge in [-0.1, -0.05) is 32.6 Å². The first-order valence-corrected chi connectivity index (χ1v) is 6.15. The van der Waals surface area contributed by atoms with Gasteiger partial charge in [-0.2, -0.15) is 5.10 Å². The molecule has 0 aromatic rings. The molecule has 1 amide bonds. The van der Waals surface area contributed by atoms with Crippen LogP contribution in [-0.4, -0.2) is 12.1 Å². The first-order chi connectivity index (χ1) is 7.33. The first kappa shape index (κ1) is 12.2. The van der Waals surface area contributed by atoms with Gasteiger partial charge in [0.15, 0.2) is 0 Å². The van der Waals surface area contributed by atoms with Gasteiger partial charge in [0, 0.05) is 12.6 Å². The van der Waals surface area contributed by atoms with Gasteiger partial charge < -0.3 is 0 Å². The summed E-state index contributed by atoms with van der Waals surface area (Å²) in [5.74, 6) is 0.633.